The predicted molar refractivity (Wildman–Crippen MR) is 79.7 cm³/mol. The molecule has 3 rings (SSSR count). The first-order valence-electron chi connectivity index (χ1n) is 5.76. The highest BCUT2D eigenvalue weighted by Gasteiger charge is 2.28. The Morgan fingerprint density at radius 3 is 2.47 bits per heavy atom. The topological polar surface area (TPSA) is 17.1 Å². The zero-order chi connectivity index (χ0) is 13.6. The van der Waals surface area contributed by atoms with E-state index in [9.17, 15) is 8.60 Å². The summed E-state index contributed by atoms with van der Waals surface area (Å²) < 4.78 is 26.4. The Morgan fingerprint density at radius 1 is 1.11 bits per heavy atom. The maximum absolute atomic E-state index is 13.0. The van der Waals surface area contributed by atoms with Crippen molar-refractivity contribution >= 4 is 36.1 Å². The molecule has 0 spiro atoms. The van der Waals surface area contributed by atoms with Crippen molar-refractivity contribution in [3.8, 4) is 0 Å². The number of halogens is 2. The molecule has 0 aromatic heterocycles. The molecule has 0 saturated carbocycles. The quantitative estimate of drug-likeness (QED) is 0.750. The average Bonchev–Trinajstić information content (AvgIpc) is 2.63. The van der Waals surface area contributed by atoms with Gasteiger partial charge < -0.3 is 0 Å². The molecule has 1 aliphatic rings. The van der Waals surface area contributed by atoms with E-state index in [1.165, 1.54) is 12.1 Å². The summed E-state index contributed by atoms with van der Waals surface area (Å²) in [5.74, 6) is -0.294. The average molecular weight is 337 g/mol. The molecular formula is C15H10BrFOS. The Hall–Kier alpha value is -1.26. The number of hydrogen-bond donors (Lipinski definition) is 0. The number of aryl methyl sites for hydroxylation is 1. The largest absolute Gasteiger partial charge is 0.249 e. The lowest BCUT2D eigenvalue weighted by molar-refractivity contribution is 0.627. The van der Waals surface area contributed by atoms with E-state index >= 15 is 0 Å². The van der Waals surface area contributed by atoms with Crippen LogP contribution in [0.3, 0.4) is 0 Å². The van der Waals surface area contributed by atoms with Crippen LogP contribution in [0.2, 0.25) is 0 Å². The standard InChI is InChI=1S/C15H10BrFOS/c1-9-2-7-12-13(8-9)19(18)15(14(12)16)10-3-5-11(17)6-4-10/h2-8H,1H3. The maximum atomic E-state index is 13.0. The van der Waals surface area contributed by atoms with Crippen LogP contribution in [0.5, 0.6) is 0 Å². The second-order valence-corrected chi connectivity index (χ2v) is 6.60. The third kappa shape index (κ3) is 2.09. The van der Waals surface area contributed by atoms with Crippen molar-refractivity contribution < 1.29 is 8.60 Å². The van der Waals surface area contributed by atoms with Crippen LogP contribution >= 0.6 is 15.9 Å². The minimum atomic E-state index is -1.22. The van der Waals surface area contributed by atoms with E-state index in [1.54, 1.807) is 12.1 Å². The summed E-state index contributed by atoms with van der Waals surface area (Å²) in [5, 5.41) is 0. The van der Waals surface area contributed by atoms with Crippen LogP contribution in [0.15, 0.2) is 47.4 Å². The fourth-order valence-corrected chi connectivity index (χ4v) is 4.77. The minimum absolute atomic E-state index is 0.294. The first kappa shape index (κ1) is 12.8. The van der Waals surface area contributed by atoms with Gasteiger partial charge >= 0.3 is 0 Å². The lowest BCUT2D eigenvalue weighted by Gasteiger charge is -2.02. The Morgan fingerprint density at radius 2 is 1.79 bits per heavy atom. The summed E-state index contributed by atoms with van der Waals surface area (Å²) in [6.45, 7) is 1.97. The summed E-state index contributed by atoms with van der Waals surface area (Å²) in [4.78, 5) is 1.52. The van der Waals surface area contributed by atoms with Crippen LogP contribution in [0.1, 0.15) is 16.7 Å². The van der Waals surface area contributed by atoms with Gasteiger partial charge in [-0.25, -0.2) is 8.60 Å². The van der Waals surface area contributed by atoms with Gasteiger partial charge in [-0.1, -0.05) is 24.3 Å². The van der Waals surface area contributed by atoms with E-state index < -0.39 is 10.8 Å². The van der Waals surface area contributed by atoms with Crippen molar-refractivity contribution in [2.45, 2.75) is 11.8 Å². The van der Waals surface area contributed by atoms with Gasteiger partial charge in [0.25, 0.3) is 0 Å². The van der Waals surface area contributed by atoms with Crippen molar-refractivity contribution in [2.75, 3.05) is 0 Å². The third-order valence-corrected chi connectivity index (χ3v) is 5.70. The van der Waals surface area contributed by atoms with Crippen molar-refractivity contribution in [2.24, 2.45) is 0 Å². The van der Waals surface area contributed by atoms with E-state index in [0.717, 1.165) is 26.1 Å². The second kappa shape index (κ2) is 4.69. The Kier molecular flexibility index (Phi) is 3.15. The lowest BCUT2D eigenvalue weighted by Crippen LogP contribution is -1.92. The van der Waals surface area contributed by atoms with Gasteiger partial charge in [0.2, 0.25) is 0 Å². The third-order valence-electron chi connectivity index (χ3n) is 3.06. The molecule has 0 radical (unpaired) electrons. The SMILES string of the molecule is Cc1ccc2c(c1)S(=O)C(c1ccc(F)cc1)=C2Br. The van der Waals surface area contributed by atoms with Crippen LogP contribution in [0.25, 0.3) is 9.39 Å². The molecule has 2 aromatic carbocycles. The zero-order valence-electron chi connectivity index (χ0n) is 10.1. The first-order chi connectivity index (χ1) is 9.08. The minimum Gasteiger partial charge on any atom is -0.249 e. The van der Waals surface area contributed by atoms with Crippen LogP contribution < -0.4 is 0 Å². The van der Waals surface area contributed by atoms with Gasteiger partial charge in [-0.05, 0) is 52.2 Å². The normalized spacial score (nSPS) is 17.7. The van der Waals surface area contributed by atoms with E-state index in [-0.39, 0.29) is 5.82 Å². The highest BCUT2D eigenvalue weighted by Crippen LogP contribution is 2.44. The van der Waals surface area contributed by atoms with Crippen LogP contribution in [-0.2, 0) is 10.8 Å². The summed E-state index contributed by atoms with van der Waals surface area (Å²) >= 11 is 3.52. The molecule has 0 fully saturated rings. The van der Waals surface area contributed by atoms with E-state index in [2.05, 4.69) is 15.9 Å². The van der Waals surface area contributed by atoms with E-state index in [0.29, 0.717) is 4.91 Å². The summed E-state index contributed by atoms with van der Waals surface area (Å²) in [6.07, 6.45) is 0. The fraction of sp³-hybridized carbons (Fsp3) is 0.0667. The fourth-order valence-electron chi connectivity index (χ4n) is 2.11. The second-order valence-electron chi connectivity index (χ2n) is 4.42. The van der Waals surface area contributed by atoms with E-state index in [1.807, 2.05) is 25.1 Å². The van der Waals surface area contributed by atoms with Gasteiger partial charge in [0.15, 0.2) is 0 Å². The first-order valence-corrected chi connectivity index (χ1v) is 7.71. The molecule has 1 atom stereocenters. The van der Waals surface area contributed by atoms with Crippen LogP contribution in [0, 0.1) is 12.7 Å². The highest BCUT2D eigenvalue weighted by molar-refractivity contribution is 9.15. The Labute approximate surface area is 121 Å². The van der Waals surface area contributed by atoms with Gasteiger partial charge in [0.05, 0.1) is 20.6 Å². The molecule has 96 valence electrons. The molecule has 0 amide bonds. The molecule has 0 N–H and O–H groups in total. The Balaban J connectivity index is 2.17. The highest BCUT2D eigenvalue weighted by atomic mass is 79.9. The number of hydrogen-bond acceptors (Lipinski definition) is 1. The van der Waals surface area contributed by atoms with Crippen molar-refractivity contribution in [1.82, 2.24) is 0 Å². The number of benzene rings is 2. The molecule has 1 heterocycles. The lowest BCUT2D eigenvalue weighted by atomic mass is 10.1. The summed E-state index contributed by atoms with van der Waals surface area (Å²) in [7, 11) is -1.22. The van der Waals surface area contributed by atoms with Crippen LogP contribution in [0.4, 0.5) is 4.39 Å². The number of fused-ring (bicyclic) bond motifs is 1. The van der Waals surface area contributed by atoms with Crippen molar-refractivity contribution in [1.29, 1.82) is 0 Å². The maximum Gasteiger partial charge on any atom is 0.123 e. The molecule has 2 aromatic rings. The molecule has 19 heavy (non-hydrogen) atoms. The molecule has 0 saturated heterocycles. The molecule has 4 heteroatoms. The van der Waals surface area contributed by atoms with Gasteiger partial charge in [0, 0.05) is 10.0 Å². The molecular weight excluding hydrogens is 327 g/mol. The van der Waals surface area contributed by atoms with Gasteiger partial charge in [-0.3, -0.25) is 0 Å². The van der Waals surface area contributed by atoms with Crippen molar-refractivity contribution in [3.63, 3.8) is 0 Å². The zero-order valence-corrected chi connectivity index (χ0v) is 12.5. The molecule has 1 aliphatic heterocycles. The van der Waals surface area contributed by atoms with Crippen LogP contribution in [-0.4, -0.2) is 4.21 Å². The monoisotopic (exact) mass is 336 g/mol. The van der Waals surface area contributed by atoms with Gasteiger partial charge in [0.1, 0.15) is 5.82 Å². The van der Waals surface area contributed by atoms with Gasteiger partial charge in [-0.15, -0.1) is 0 Å². The molecule has 0 aliphatic carbocycles. The summed E-state index contributed by atoms with van der Waals surface area (Å²) in [5.41, 5.74) is 2.80. The number of rotatable bonds is 1. The smallest absolute Gasteiger partial charge is 0.123 e. The molecule has 1 nitrogen and oxygen atoms in total. The van der Waals surface area contributed by atoms with Crippen molar-refractivity contribution in [3.05, 3.63) is 65.0 Å². The predicted octanol–water partition coefficient (Wildman–Crippen LogP) is 4.48. The summed E-state index contributed by atoms with van der Waals surface area (Å²) in [6, 6.07) is 12.0. The van der Waals surface area contributed by atoms with Gasteiger partial charge in [-0.2, -0.15) is 0 Å². The molecule has 0 bridgehead atoms. The Bertz CT molecular complexity index is 719. The van der Waals surface area contributed by atoms with E-state index in [4.69, 9.17) is 0 Å². The molecule has 1 unspecified atom stereocenters.